The molecule has 0 aliphatic heterocycles. The number of rotatable bonds is 4. The van der Waals surface area contributed by atoms with Crippen LogP contribution in [-0.4, -0.2) is 26.0 Å². The quantitative estimate of drug-likeness (QED) is 0.740. The highest BCUT2D eigenvalue weighted by molar-refractivity contribution is 6.33. The van der Waals surface area contributed by atoms with Crippen molar-refractivity contribution in [3.05, 3.63) is 59.1 Å². The van der Waals surface area contributed by atoms with E-state index in [0.717, 1.165) is 16.8 Å². The maximum atomic E-state index is 11.2. The first-order chi connectivity index (χ1) is 12.0. The van der Waals surface area contributed by atoms with Crippen LogP contribution >= 0.6 is 11.6 Å². The standard InChI is InChI=1S/C18H15ClN4O2/c1-2-14-16(11-4-6-15(20)21-8-11)17(23-9-22-14)10-3-5-12(18(24)25)13(19)7-10/h3-9H,2H2,1H3,(H2,20,21)(H,24,25). The van der Waals surface area contributed by atoms with Crippen molar-refractivity contribution in [1.82, 2.24) is 15.0 Å². The first-order valence-electron chi connectivity index (χ1n) is 7.60. The van der Waals surface area contributed by atoms with Gasteiger partial charge in [-0.3, -0.25) is 0 Å². The number of aryl methyl sites for hydroxylation is 1. The van der Waals surface area contributed by atoms with Crippen LogP contribution in [0.4, 0.5) is 5.82 Å². The van der Waals surface area contributed by atoms with Gasteiger partial charge < -0.3 is 10.8 Å². The van der Waals surface area contributed by atoms with Crippen LogP contribution in [0.25, 0.3) is 22.4 Å². The van der Waals surface area contributed by atoms with Crippen molar-refractivity contribution >= 4 is 23.4 Å². The topological polar surface area (TPSA) is 102 Å². The van der Waals surface area contributed by atoms with Crippen LogP contribution in [-0.2, 0) is 6.42 Å². The van der Waals surface area contributed by atoms with Gasteiger partial charge in [-0.25, -0.2) is 19.7 Å². The summed E-state index contributed by atoms with van der Waals surface area (Å²) < 4.78 is 0. The number of hydrogen-bond donors (Lipinski definition) is 2. The van der Waals surface area contributed by atoms with E-state index in [0.29, 0.717) is 23.5 Å². The van der Waals surface area contributed by atoms with Crippen LogP contribution in [0.2, 0.25) is 5.02 Å². The Bertz CT molecular complexity index is 942. The number of halogens is 1. The number of hydrogen-bond acceptors (Lipinski definition) is 5. The maximum absolute atomic E-state index is 11.2. The molecule has 2 heterocycles. The first-order valence-corrected chi connectivity index (χ1v) is 7.98. The summed E-state index contributed by atoms with van der Waals surface area (Å²) in [4.78, 5) is 24.0. The van der Waals surface area contributed by atoms with E-state index in [1.807, 2.05) is 13.0 Å². The molecule has 7 heteroatoms. The highest BCUT2D eigenvalue weighted by Gasteiger charge is 2.17. The molecule has 0 unspecified atom stereocenters. The van der Waals surface area contributed by atoms with E-state index in [1.165, 1.54) is 12.4 Å². The van der Waals surface area contributed by atoms with Gasteiger partial charge in [0.25, 0.3) is 0 Å². The van der Waals surface area contributed by atoms with E-state index < -0.39 is 5.97 Å². The van der Waals surface area contributed by atoms with E-state index in [9.17, 15) is 4.79 Å². The summed E-state index contributed by atoms with van der Waals surface area (Å²) in [5.74, 6) is -0.648. The summed E-state index contributed by atoms with van der Waals surface area (Å²) in [6.45, 7) is 2.00. The number of nitrogens with zero attached hydrogens (tertiary/aromatic N) is 3. The summed E-state index contributed by atoms with van der Waals surface area (Å²) in [5, 5.41) is 9.29. The lowest BCUT2D eigenvalue weighted by Gasteiger charge is -2.13. The highest BCUT2D eigenvalue weighted by Crippen LogP contribution is 2.34. The van der Waals surface area contributed by atoms with Crippen LogP contribution in [0.3, 0.4) is 0 Å². The first kappa shape index (κ1) is 16.9. The van der Waals surface area contributed by atoms with Gasteiger partial charge >= 0.3 is 5.97 Å². The highest BCUT2D eigenvalue weighted by atomic mass is 35.5. The van der Waals surface area contributed by atoms with Crippen LogP contribution in [0, 0.1) is 0 Å². The minimum atomic E-state index is -1.07. The Morgan fingerprint density at radius 2 is 1.92 bits per heavy atom. The Balaban J connectivity index is 2.21. The molecule has 3 aromatic rings. The fraction of sp³-hybridized carbons (Fsp3) is 0.111. The van der Waals surface area contributed by atoms with Gasteiger partial charge in [-0.15, -0.1) is 0 Å². The molecule has 0 aliphatic rings. The fourth-order valence-electron chi connectivity index (χ4n) is 2.60. The molecule has 3 N–H and O–H groups in total. The average molecular weight is 355 g/mol. The SMILES string of the molecule is CCc1ncnc(-c2ccc(C(=O)O)c(Cl)c2)c1-c1ccc(N)nc1. The molecule has 0 atom stereocenters. The number of aromatic carboxylic acids is 1. The maximum Gasteiger partial charge on any atom is 0.337 e. The van der Waals surface area contributed by atoms with Gasteiger partial charge in [0, 0.05) is 22.9 Å². The molecule has 0 radical (unpaired) electrons. The number of carbonyl (C=O) groups is 1. The Morgan fingerprint density at radius 1 is 1.16 bits per heavy atom. The molecule has 1 aromatic carbocycles. The zero-order valence-corrected chi connectivity index (χ0v) is 14.2. The van der Waals surface area contributed by atoms with Crippen molar-refractivity contribution < 1.29 is 9.90 Å². The summed E-state index contributed by atoms with van der Waals surface area (Å²) in [6, 6.07) is 8.33. The molecular formula is C18H15ClN4O2. The van der Waals surface area contributed by atoms with Gasteiger partial charge in [-0.2, -0.15) is 0 Å². The zero-order valence-electron chi connectivity index (χ0n) is 13.4. The number of nitrogens with two attached hydrogens (primary N) is 1. The largest absolute Gasteiger partial charge is 0.478 e. The number of pyridine rings is 1. The molecule has 126 valence electrons. The second kappa shape index (κ2) is 6.86. The lowest BCUT2D eigenvalue weighted by atomic mass is 9.97. The van der Waals surface area contributed by atoms with Crippen molar-refractivity contribution in [2.45, 2.75) is 13.3 Å². The molecule has 2 aromatic heterocycles. The molecule has 0 aliphatic carbocycles. The second-order valence-electron chi connectivity index (χ2n) is 5.37. The molecule has 0 saturated carbocycles. The lowest BCUT2D eigenvalue weighted by molar-refractivity contribution is 0.0697. The Morgan fingerprint density at radius 3 is 2.52 bits per heavy atom. The van der Waals surface area contributed by atoms with Crippen LogP contribution in [0.5, 0.6) is 0 Å². The molecule has 0 spiro atoms. The molecule has 0 fully saturated rings. The number of benzene rings is 1. The molecule has 25 heavy (non-hydrogen) atoms. The van der Waals surface area contributed by atoms with Gasteiger partial charge in [0.2, 0.25) is 0 Å². The average Bonchev–Trinajstić information content (AvgIpc) is 2.61. The van der Waals surface area contributed by atoms with Gasteiger partial charge in [-0.1, -0.05) is 24.6 Å². The molecule has 3 rings (SSSR count). The minimum absolute atomic E-state index is 0.0471. The molecule has 0 amide bonds. The van der Waals surface area contributed by atoms with E-state index in [4.69, 9.17) is 22.4 Å². The minimum Gasteiger partial charge on any atom is -0.478 e. The summed E-state index contributed by atoms with van der Waals surface area (Å²) in [7, 11) is 0. The van der Waals surface area contributed by atoms with E-state index in [-0.39, 0.29) is 10.6 Å². The van der Waals surface area contributed by atoms with E-state index in [1.54, 1.807) is 24.4 Å². The van der Waals surface area contributed by atoms with Crippen LogP contribution < -0.4 is 5.73 Å². The number of nitrogen functional groups attached to an aromatic ring is 1. The molecule has 0 saturated heterocycles. The number of anilines is 1. The van der Waals surface area contributed by atoms with Crippen molar-refractivity contribution in [3.63, 3.8) is 0 Å². The van der Waals surface area contributed by atoms with Crippen LogP contribution in [0.15, 0.2) is 42.9 Å². The predicted octanol–water partition coefficient (Wildman–Crippen LogP) is 3.70. The second-order valence-corrected chi connectivity index (χ2v) is 5.78. The van der Waals surface area contributed by atoms with Gasteiger partial charge in [0.15, 0.2) is 0 Å². The Labute approximate surface area is 149 Å². The summed E-state index contributed by atoms with van der Waals surface area (Å²) >= 11 is 6.11. The van der Waals surface area contributed by atoms with Gasteiger partial charge in [-0.05, 0) is 30.7 Å². The van der Waals surface area contributed by atoms with Crippen LogP contribution in [0.1, 0.15) is 23.0 Å². The fourth-order valence-corrected chi connectivity index (χ4v) is 2.86. The predicted molar refractivity (Wildman–Crippen MR) is 96.5 cm³/mol. The Hall–Kier alpha value is -2.99. The van der Waals surface area contributed by atoms with Crippen molar-refractivity contribution in [2.24, 2.45) is 0 Å². The van der Waals surface area contributed by atoms with E-state index in [2.05, 4.69) is 15.0 Å². The molecular weight excluding hydrogens is 340 g/mol. The third-order valence-corrected chi connectivity index (χ3v) is 4.12. The van der Waals surface area contributed by atoms with Crippen molar-refractivity contribution in [1.29, 1.82) is 0 Å². The monoisotopic (exact) mass is 354 g/mol. The third-order valence-electron chi connectivity index (χ3n) is 3.81. The number of aromatic nitrogens is 3. The summed E-state index contributed by atoms with van der Waals surface area (Å²) in [6.07, 6.45) is 3.86. The number of carboxylic acid groups (broad SMARTS) is 1. The molecule has 6 nitrogen and oxygen atoms in total. The lowest BCUT2D eigenvalue weighted by Crippen LogP contribution is -2.01. The number of carboxylic acids is 1. The van der Waals surface area contributed by atoms with Crippen molar-refractivity contribution in [2.75, 3.05) is 5.73 Å². The normalized spacial score (nSPS) is 10.6. The molecule has 0 bridgehead atoms. The smallest absolute Gasteiger partial charge is 0.337 e. The zero-order chi connectivity index (χ0) is 18.0. The summed E-state index contributed by atoms with van der Waals surface area (Å²) in [5.41, 5.74) is 9.61. The van der Waals surface area contributed by atoms with Crippen molar-refractivity contribution in [3.8, 4) is 22.4 Å². The van der Waals surface area contributed by atoms with Gasteiger partial charge in [0.1, 0.15) is 12.1 Å². The Kier molecular flexibility index (Phi) is 4.63. The van der Waals surface area contributed by atoms with E-state index >= 15 is 0 Å². The van der Waals surface area contributed by atoms with Gasteiger partial charge in [0.05, 0.1) is 22.0 Å². The third kappa shape index (κ3) is 3.29.